The number of hydrogen-bond donors (Lipinski definition) is 0. The van der Waals surface area contributed by atoms with Crippen molar-refractivity contribution in [2.75, 3.05) is 13.7 Å². The summed E-state index contributed by atoms with van der Waals surface area (Å²) >= 11 is 7.43. The molecule has 106 valence electrons. The minimum atomic E-state index is 0.389. The van der Waals surface area contributed by atoms with Crippen LogP contribution in [0, 0.1) is 5.92 Å². The number of halogens is 2. The van der Waals surface area contributed by atoms with Gasteiger partial charge in [-0.05, 0) is 49.8 Å². The third kappa shape index (κ3) is 3.96. The van der Waals surface area contributed by atoms with E-state index in [0.717, 1.165) is 29.2 Å². The molecule has 19 heavy (non-hydrogen) atoms. The number of rotatable bonds is 6. The maximum Gasteiger partial charge on any atom is 0.120 e. The van der Waals surface area contributed by atoms with Crippen LogP contribution in [-0.2, 0) is 4.74 Å². The molecule has 1 atom stereocenters. The van der Waals surface area contributed by atoms with Gasteiger partial charge in [0.15, 0.2) is 0 Å². The average Bonchev–Trinajstić information content (AvgIpc) is 2.35. The van der Waals surface area contributed by atoms with E-state index in [4.69, 9.17) is 9.47 Å². The van der Waals surface area contributed by atoms with Crippen LogP contribution in [0.4, 0.5) is 0 Å². The van der Waals surface area contributed by atoms with Crippen molar-refractivity contribution in [3.05, 3.63) is 28.2 Å². The Morgan fingerprint density at radius 2 is 2.11 bits per heavy atom. The molecule has 1 unspecified atom stereocenters. The van der Waals surface area contributed by atoms with Crippen LogP contribution in [0.25, 0.3) is 0 Å². The summed E-state index contributed by atoms with van der Waals surface area (Å²) in [5.41, 5.74) is 1.29. The van der Waals surface area contributed by atoms with Crippen molar-refractivity contribution in [3.63, 3.8) is 0 Å². The van der Waals surface area contributed by atoms with Gasteiger partial charge in [0.1, 0.15) is 5.75 Å². The fraction of sp³-hybridized carbons (Fsp3) is 0.600. The number of ether oxygens (including phenoxy) is 2. The Kier molecular flexibility index (Phi) is 5.72. The van der Waals surface area contributed by atoms with Crippen molar-refractivity contribution in [1.29, 1.82) is 0 Å². The van der Waals surface area contributed by atoms with Gasteiger partial charge in [0.2, 0.25) is 0 Å². The van der Waals surface area contributed by atoms with Crippen molar-refractivity contribution in [2.24, 2.45) is 5.92 Å². The summed E-state index contributed by atoms with van der Waals surface area (Å²) in [6.07, 6.45) is 4.05. The standard InChI is InChI=1S/C15H20Br2O2/c1-3-19-12-6-10(7-12)8-14(16)13-5-4-11(18-2)9-15(13)17/h4-5,9-10,12,14H,3,6-8H2,1-2H3. The molecule has 0 heterocycles. The second-order valence-corrected chi connectivity index (χ2v) is 6.97. The molecular weight excluding hydrogens is 372 g/mol. The van der Waals surface area contributed by atoms with Gasteiger partial charge in [-0.2, -0.15) is 0 Å². The minimum Gasteiger partial charge on any atom is -0.497 e. The van der Waals surface area contributed by atoms with E-state index in [1.54, 1.807) is 7.11 Å². The van der Waals surface area contributed by atoms with Crippen LogP contribution in [0.5, 0.6) is 5.75 Å². The molecule has 1 saturated carbocycles. The molecule has 1 aliphatic carbocycles. The number of hydrogen-bond acceptors (Lipinski definition) is 2. The molecule has 0 aromatic heterocycles. The molecule has 0 spiro atoms. The summed E-state index contributed by atoms with van der Waals surface area (Å²) < 4.78 is 11.9. The first kappa shape index (κ1) is 15.3. The van der Waals surface area contributed by atoms with Gasteiger partial charge < -0.3 is 9.47 Å². The lowest BCUT2D eigenvalue weighted by Gasteiger charge is -2.36. The Labute approximate surface area is 132 Å². The molecule has 0 aliphatic heterocycles. The fourth-order valence-electron chi connectivity index (χ4n) is 2.55. The lowest BCUT2D eigenvalue weighted by Crippen LogP contribution is -2.31. The summed E-state index contributed by atoms with van der Waals surface area (Å²) in [6.45, 7) is 2.90. The molecule has 4 heteroatoms. The molecule has 2 rings (SSSR count). The number of methoxy groups -OCH3 is 1. The molecule has 1 fully saturated rings. The van der Waals surface area contributed by atoms with E-state index < -0.39 is 0 Å². The Morgan fingerprint density at radius 3 is 2.68 bits per heavy atom. The van der Waals surface area contributed by atoms with Crippen LogP contribution in [0.3, 0.4) is 0 Å². The summed E-state index contributed by atoms with van der Waals surface area (Å²) in [4.78, 5) is 0.389. The Bertz CT molecular complexity index is 417. The minimum absolute atomic E-state index is 0.389. The topological polar surface area (TPSA) is 18.5 Å². The molecule has 0 saturated heterocycles. The van der Waals surface area contributed by atoms with E-state index in [2.05, 4.69) is 44.8 Å². The highest BCUT2D eigenvalue weighted by molar-refractivity contribution is 9.11. The van der Waals surface area contributed by atoms with Crippen molar-refractivity contribution in [1.82, 2.24) is 0 Å². The lowest BCUT2D eigenvalue weighted by atomic mass is 9.78. The fourth-order valence-corrected chi connectivity index (χ4v) is 4.42. The van der Waals surface area contributed by atoms with Gasteiger partial charge in [-0.3, -0.25) is 0 Å². The summed E-state index contributed by atoms with van der Waals surface area (Å²) in [5, 5.41) is 0. The Balaban J connectivity index is 1.88. The second kappa shape index (κ2) is 7.09. The third-order valence-electron chi connectivity index (χ3n) is 3.68. The van der Waals surface area contributed by atoms with E-state index in [-0.39, 0.29) is 0 Å². The maximum atomic E-state index is 5.61. The second-order valence-electron chi connectivity index (χ2n) is 5.01. The first-order valence-electron chi connectivity index (χ1n) is 6.73. The molecule has 2 nitrogen and oxygen atoms in total. The van der Waals surface area contributed by atoms with Crippen molar-refractivity contribution in [2.45, 2.75) is 37.1 Å². The molecule has 0 N–H and O–H groups in total. The van der Waals surface area contributed by atoms with Crippen LogP contribution >= 0.6 is 31.9 Å². The molecule has 0 bridgehead atoms. The maximum absolute atomic E-state index is 5.61. The summed E-state index contributed by atoms with van der Waals surface area (Å²) in [7, 11) is 1.69. The predicted molar refractivity (Wildman–Crippen MR) is 85.1 cm³/mol. The Morgan fingerprint density at radius 1 is 1.37 bits per heavy atom. The quantitative estimate of drug-likeness (QED) is 0.628. The highest BCUT2D eigenvalue weighted by atomic mass is 79.9. The number of alkyl halides is 1. The van der Waals surface area contributed by atoms with E-state index in [0.29, 0.717) is 10.9 Å². The van der Waals surface area contributed by atoms with Gasteiger partial charge >= 0.3 is 0 Å². The van der Waals surface area contributed by atoms with Gasteiger partial charge in [-0.25, -0.2) is 0 Å². The highest BCUT2D eigenvalue weighted by Gasteiger charge is 2.31. The van der Waals surface area contributed by atoms with Gasteiger partial charge in [0.25, 0.3) is 0 Å². The van der Waals surface area contributed by atoms with Crippen LogP contribution in [0.1, 0.15) is 36.6 Å². The molecular formula is C15H20Br2O2. The van der Waals surface area contributed by atoms with Crippen molar-refractivity contribution >= 4 is 31.9 Å². The highest BCUT2D eigenvalue weighted by Crippen LogP contribution is 2.42. The summed E-state index contributed by atoms with van der Waals surface area (Å²) in [5.74, 6) is 1.66. The van der Waals surface area contributed by atoms with E-state index in [9.17, 15) is 0 Å². The van der Waals surface area contributed by atoms with Crippen molar-refractivity contribution < 1.29 is 9.47 Å². The zero-order chi connectivity index (χ0) is 13.8. The smallest absolute Gasteiger partial charge is 0.120 e. The van der Waals surface area contributed by atoms with Gasteiger partial charge in [0, 0.05) is 15.9 Å². The zero-order valence-corrected chi connectivity index (χ0v) is 14.5. The molecule has 0 amide bonds. The zero-order valence-electron chi connectivity index (χ0n) is 11.4. The van der Waals surface area contributed by atoms with E-state index in [1.165, 1.54) is 18.4 Å². The molecule has 1 aromatic carbocycles. The predicted octanol–water partition coefficient (Wildman–Crippen LogP) is 5.10. The van der Waals surface area contributed by atoms with E-state index in [1.807, 2.05) is 12.1 Å². The molecule has 1 aromatic rings. The Hall–Kier alpha value is -0.0600. The monoisotopic (exact) mass is 390 g/mol. The van der Waals surface area contributed by atoms with Gasteiger partial charge in [-0.15, -0.1) is 0 Å². The molecule has 0 radical (unpaired) electrons. The van der Waals surface area contributed by atoms with Crippen LogP contribution in [0.15, 0.2) is 22.7 Å². The van der Waals surface area contributed by atoms with Gasteiger partial charge in [-0.1, -0.05) is 37.9 Å². The normalized spacial score (nSPS) is 23.8. The van der Waals surface area contributed by atoms with Crippen LogP contribution in [-0.4, -0.2) is 19.8 Å². The summed E-state index contributed by atoms with van der Waals surface area (Å²) in [6, 6.07) is 6.16. The van der Waals surface area contributed by atoms with Crippen LogP contribution < -0.4 is 4.74 Å². The first-order chi connectivity index (χ1) is 9.13. The number of benzene rings is 1. The largest absolute Gasteiger partial charge is 0.497 e. The third-order valence-corrected chi connectivity index (χ3v) is 5.23. The van der Waals surface area contributed by atoms with E-state index >= 15 is 0 Å². The lowest BCUT2D eigenvalue weighted by molar-refractivity contribution is -0.0264. The first-order valence-corrected chi connectivity index (χ1v) is 8.44. The molecule has 1 aliphatic rings. The van der Waals surface area contributed by atoms with Gasteiger partial charge in [0.05, 0.1) is 13.2 Å². The van der Waals surface area contributed by atoms with Crippen molar-refractivity contribution in [3.8, 4) is 5.75 Å². The van der Waals surface area contributed by atoms with Crippen LogP contribution in [0.2, 0.25) is 0 Å². The average molecular weight is 392 g/mol. The SMILES string of the molecule is CCOC1CC(CC(Br)c2ccc(OC)cc2Br)C1.